The molecule has 0 saturated carbocycles. The van der Waals surface area contributed by atoms with Crippen LogP contribution in [0.25, 0.3) is 17.0 Å². The molecular weight excluding hydrogens is 600 g/mol. The predicted octanol–water partition coefficient (Wildman–Crippen LogP) is 3.60. The van der Waals surface area contributed by atoms with Crippen molar-refractivity contribution in [3.8, 4) is 0 Å². The molecule has 1 atom stereocenters. The molecule has 1 aliphatic heterocycles. The number of H-pyrrole nitrogens is 1. The fraction of sp³-hybridized carbons (Fsp3) is 0.343. The van der Waals surface area contributed by atoms with Crippen LogP contribution in [0.1, 0.15) is 40.3 Å². The van der Waals surface area contributed by atoms with Crippen molar-refractivity contribution < 1.29 is 18.4 Å². The number of carbonyl (C=O) groups excluding carboxylic acids is 1. The highest BCUT2D eigenvalue weighted by Gasteiger charge is 2.28. The maximum absolute atomic E-state index is 13.0. The van der Waals surface area contributed by atoms with Gasteiger partial charge in [-0.05, 0) is 71.4 Å². The number of nitrogens with one attached hydrogen (secondary N) is 4. The lowest BCUT2D eigenvalue weighted by molar-refractivity contribution is -0.124. The van der Waals surface area contributed by atoms with Crippen LogP contribution < -0.4 is 15.5 Å². The van der Waals surface area contributed by atoms with Crippen LogP contribution in [0.15, 0.2) is 83.9 Å². The Kier molecular flexibility index (Phi) is 10.3. The Labute approximate surface area is 270 Å². The molecule has 3 aromatic carbocycles. The number of hydrogen-bond acceptors (Lipinski definition) is 7. The first-order valence-electron chi connectivity index (χ1n) is 16.0. The summed E-state index contributed by atoms with van der Waals surface area (Å²) in [5.41, 5.74) is 8.52. The minimum absolute atomic E-state index is 0.203. The normalized spacial score (nSPS) is 17.2. The van der Waals surface area contributed by atoms with Gasteiger partial charge in [-0.15, -0.1) is 0 Å². The lowest BCUT2D eigenvalue weighted by Crippen LogP contribution is -2.46. The third-order valence-corrected chi connectivity index (χ3v) is 10.6. The summed E-state index contributed by atoms with van der Waals surface area (Å²) in [6, 6.07) is 22.1. The monoisotopic (exact) mass is 642 g/mol. The van der Waals surface area contributed by atoms with Crippen molar-refractivity contribution in [1.29, 1.82) is 0 Å². The Morgan fingerprint density at radius 2 is 1.87 bits per heavy atom. The van der Waals surface area contributed by atoms with E-state index in [-0.39, 0.29) is 10.9 Å². The number of fused-ring (bicyclic) bond motifs is 2. The second kappa shape index (κ2) is 14.7. The van der Waals surface area contributed by atoms with E-state index in [1.165, 1.54) is 28.2 Å². The summed E-state index contributed by atoms with van der Waals surface area (Å²) < 4.78 is 28.8. The number of aryl methyl sites for hydroxylation is 1. The molecule has 6 rings (SSSR count). The molecule has 10 nitrogen and oxygen atoms in total. The Hall–Kier alpha value is -3.84. The number of aromatic amines is 1. The van der Waals surface area contributed by atoms with E-state index in [2.05, 4.69) is 61.4 Å². The van der Waals surface area contributed by atoms with Gasteiger partial charge in [0, 0.05) is 81.6 Å². The molecule has 0 bridgehead atoms. The maximum Gasteiger partial charge on any atom is 0.267 e. The molecule has 4 aromatic rings. The van der Waals surface area contributed by atoms with Crippen molar-refractivity contribution in [3.63, 3.8) is 0 Å². The number of amides is 1. The molecule has 11 heteroatoms. The van der Waals surface area contributed by atoms with E-state index >= 15 is 0 Å². The number of carbonyl (C=O) groups is 1. The fourth-order valence-electron chi connectivity index (χ4n) is 6.62. The molecule has 2 aliphatic rings. The summed E-state index contributed by atoms with van der Waals surface area (Å²) in [5.74, 6) is -0.563. The molecule has 1 fully saturated rings. The zero-order valence-electron chi connectivity index (χ0n) is 25.9. The van der Waals surface area contributed by atoms with Crippen LogP contribution >= 0.6 is 0 Å². The number of nitrogens with zero attached hydrogens (tertiary/aromatic N) is 2. The number of aromatic nitrogens is 1. The Bertz CT molecular complexity index is 1780. The number of benzene rings is 3. The van der Waals surface area contributed by atoms with E-state index in [0.29, 0.717) is 19.6 Å². The number of para-hydroxylation sites is 1. The van der Waals surface area contributed by atoms with Crippen molar-refractivity contribution in [2.24, 2.45) is 0 Å². The summed E-state index contributed by atoms with van der Waals surface area (Å²) in [6.07, 6.45) is 7.88. The first-order valence-corrected chi connectivity index (χ1v) is 17.4. The molecule has 46 heavy (non-hydrogen) atoms. The highest BCUT2D eigenvalue weighted by molar-refractivity contribution is 7.89. The quantitative estimate of drug-likeness (QED) is 0.0857. The SMILES string of the molecule is O=C(/C=C/c1ccc2c(c1)CCC2N(CCc1c[nH]c2ccccc12)Cc1ccc(S(=O)(=O)NCCN2CCNCC2)cc1)NO. The Morgan fingerprint density at radius 1 is 1.07 bits per heavy atom. The van der Waals surface area contributed by atoms with Crippen LogP contribution in [0.3, 0.4) is 0 Å². The number of piperazine rings is 1. The predicted molar refractivity (Wildman–Crippen MR) is 180 cm³/mol. The van der Waals surface area contributed by atoms with Crippen LogP contribution in [0.2, 0.25) is 0 Å². The number of sulfonamides is 1. The van der Waals surface area contributed by atoms with Gasteiger partial charge in [0.25, 0.3) is 5.91 Å². The summed E-state index contributed by atoms with van der Waals surface area (Å²) in [7, 11) is -3.59. The van der Waals surface area contributed by atoms with E-state index in [1.54, 1.807) is 23.7 Å². The summed E-state index contributed by atoms with van der Waals surface area (Å²) >= 11 is 0. The highest BCUT2D eigenvalue weighted by Crippen LogP contribution is 2.37. The number of rotatable bonds is 13. The molecule has 0 radical (unpaired) electrons. The molecular formula is C35H42N6O4S. The van der Waals surface area contributed by atoms with Gasteiger partial charge in [0.15, 0.2) is 0 Å². The third kappa shape index (κ3) is 7.75. The van der Waals surface area contributed by atoms with Crippen LogP contribution in [0.5, 0.6) is 0 Å². The molecule has 1 unspecified atom stereocenters. The molecule has 5 N–H and O–H groups in total. The number of hydroxylamine groups is 1. The standard InChI is InChI=1S/C35H42N6O4S/c42-35(39-43)14-8-26-7-12-32-28(23-26)9-13-34(32)41(19-15-29-24-37-33-4-2-1-3-31(29)33)25-27-5-10-30(11-6-27)46(44,45)38-18-22-40-20-16-36-17-21-40/h1-8,10-12,14,23-24,34,36-38,43H,9,13,15-22,25H2,(H,39,42)/b14-8+. The fourth-order valence-corrected chi connectivity index (χ4v) is 7.64. The van der Waals surface area contributed by atoms with Gasteiger partial charge < -0.3 is 10.3 Å². The van der Waals surface area contributed by atoms with E-state index in [0.717, 1.165) is 68.6 Å². The van der Waals surface area contributed by atoms with E-state index in [9.17, 15) is 13.2 Å². The van der Waals surface area contributed by atoms with Crippen LogP contribution in [-0.2, 0) is 34.2 Å². The van der Waals surface area contributed by atoms with Gasteiger partial charge in [0.2, 0.25) is 10.0 Å². The van der Waals surface area contributed by atoms with Gasteiger partial charge in [-0.2, -0.15) is 0 Å². The van der Waals surface area contributed by atoms with Gasteiger partial charge >= 0.3 is 0 Å². The average Bonchev–Trinajstić information content (AvgIpc) is 3.70. The van der Waals surface area contributed by atoms with Gasteiger partial charge in [0.1, 0.15) is 0 Å². The smallest absolute Gasteiger partial charge is 0.267 e. The molecule has 242 valence electrons. The van der Waals surface area contributed by atoms with Gasteiger partial charge in [-0.3, -0.25) is 19.8 Å². The topological polar surface area (TPSA) is 130 Å². The first kappa shape index (κ1) is 32.1. The molecule has 1 saturated heterocycles. The highest BCUT2D eigenvalue weighted by atomic mass is 32.2. The summed E-state index contributed by atoms with van der Waals surface area (Å²) in [5, 5.41) is 13.4. The van der Waals surface area contributed by atoms with Crippen molar-refractivity contribution in [3.05, 3.63) is 107 Å². The molecule has 2 heterocycles. The maximum atomic E-state index is 13.0. The van der Waals surface area contributed by atoms with E-state index in [4.69, 9.17) is 5.21 Å². The molecule has 1 aromatic heterocycles. The van der Waals surface area contributed by atoms with Crippen molar-refractivity contribution in [1.82, 2.24) is 30.3 Å². The zero-order valence-corrected chi connectivity index (χ0v) is 26.7. The largest absolute Gasteiger partial charge is 0.361 e. The number of hydrogen-bond donors (Lipinski definition) is 5. The van der Waals surface area contributed by atoms with Crippen LogP contribution in [0.4, 0.5) is 0 Å². The molecule has 1 aliphatic carbocycles. The third-order valence-electron chi connectivity index (χ3n) is 9.08. The van der Waals surface area contributed by atoms with E-state index in [1.807, 2.05) is 24.3 Å². The average molecular weight is 643 g/mol. The molecule has 0 spiro atoms. The van der Waals surface area contributed by atoms with Crippen LogP contribution in [-0.4, -0.2) is 80.1 Å². The van der Waals surface area contributed by atoms with Crippen molar-refractivity contribution in [2.45, 2.75) is 36.7 Å². The zero-order chi connectivity index (χ0) is 31.9. The van der Waals surface area contributed by atoms with Gasteiger partial charge in [-0.1, -0.05) is 48.5 Å². The minimum atomic E-state index is -3.59. The lowest BCUT2D eigenvalue weighted by atomic mass is 10.0. The second-order valence-corrected chi connectivity index (χ2v) is 13.8. The van der Waals surface area contributed by atoms with Gasteiger partial charge in [0.05, 0.1) is 4.90 Å². The molecule has 1 amide bonds. The summed E-state index contributed by atoms with van der Waals surface area (Å²) in [6.45, 7) is 6.33. The first-order chi connectivity index (χ1) is 22.4. The minimum Gasteiger partial charge on any atom is -0.361 e. The van der Waals surface area contributed by atoms with E-state index < -0.39 is 15.9 Å². The second-order valence-electron chi connectivity index (χ2n) is 12.0. The summed E-state index contributed by atoms with van der Waals surface area (Å²) in [4.78, 5) is 19.9. The Morgan fingerprint density at radius 3 is 2.67 bits per heavy atom. The van der Waals surface area contributed by atoms with Crippen molar-refractivity contribution in [2.75, 3.05) is 45.8 Å². The van der Waals surface area contributed by atoms with Crippen molar-refractivity contribution >= 4 is 32.9 Å². The Balaban J connectivity index is 1.17. The lowest BCUT2D eigenvalue weighted by Gasteiger charge is -2.30. The van der Waals surface area contributed by atoms with Crippen LogP contribution in [0, 0.1) is 0 Å². The van der Waals surface area contributed by atoms with Gasteiger partial charge in [-0.25, -0.2) is 18.6 Å².